The van der Waals surface area contributed by atoms with E-state index in [4.69, 9.17) is 5.11 Å². The lowest BCUT2D eigenvalue weighted by atomic mass is 9.87. The molecule has 19 heavy (non-hydrogen) atoms. The van der Waals surface area contributed by atoms with Crippen LogP contribution in [-0.2, 0) is 4.79 Å². The largest absolute Gasteiger partial charge is 0.481 e. The number of hydrogen-bond acceptors (Lipinski definition) is 2. The van der Waals surface area contributed by atoms with E-state index in [0.29, 0.717) is 6.42 Å². The third-order valence-electron chi connectivity index (χ3n) is 4.50. The molecule has 5 nitrogen and oxygen atoms in total. The first-order valence-electron chi connectivity index (χ1n) is 7.36. The molecule has 2 fully saturated rings. The summed E-state index contributed by atoms with van der Waals surface area (Å²) in [7, 11) is 0. The SMILES string of the molecule is CC1CCC(NC(=O)NC2CCCC2C(=O)O)CC1. The van der Waals surface area contributed by atoms with Crippen LogP contribution in [-0.4, -0.2) is 29.2 Å². The fourth-order valence-corrected chi connectivity index (χ4v) is 3.23. The minimum Gasteiger partial charge on any atom is -0.481 e. The normalized spacial score (nSPS) is 34.8. The average Bonchev–Trinajstić information content (AvgIpc) is 2.80. The van der Waals surface area contributed by atoms with Gasteiger partial charge in [0.2, 0.25) is 0 Å². The number of carboxylic acid groups (broad SMARTS) is 1. The Hall–Kier alpha value is -1.26. The lowest BCUT2D eigenvalue weighted by Gasteiger charge is -2.28. The maximum absolute atomic E-state index is 11.9. The summed E-state index contributed by atoms with van der Waals surface area (Å²) in [6, 6.07) is -0.154. The van der Waals surface area contributed by atoms with Gasteiger partial charge in [0.15, 0.2) is 0 Å². The molecule has 2 amide bonds. The first kappa shape index (κ1) is 14.2. The molecular formula is C14H24N2O3. The molecule has 0 bridgehead atoms. The summed E-state index contributed by atoms with van der Waals surface area (Å²) in [6.45, 7) is 2.24. The zero-order valence-corrected chi connectivity index (χ0v) is 11.5. The summed E-state index contributed by atoms with van der Waals surface area (Å²) >= 11 is 0. The van der Waals surface area contributed by atoms with Crippen molar-refractivity contribution in [2.24, 2.45) is 11.8 Å². The Balaban J connectivity index is 1.76. The second-order valence-corrected chi connectivity index (χ2v) is 6.06. The number of urea groups is 1. The van der Waals surface area contributed by atoms with Crippen LogP contribution < -0.4 is 10.6 Å². The first-order chi connectivity index (χ1) is 9.06. The van der Waals surface area contributed by atoms with Gasteiger partial charge in [-0.2, -0.15) is 0 Å². The molecule has 2 aliphatic rings. The van der Waals surface area contributed by atoms with Crippen LogP contribution in [0.15, 0.2) is 0 Å². The lowest BCUT2D eigenvalue weighted by Crippen LogP contribution is -2.49. The molecule has 2 aliphatic carbocycles. The van der Waals surface area contributed by atoms with E-state index in [9.17, 15) is 9.59 Å². The second kappa shape index (κ2) is 6.26. The van der Waals surface area contributed by atoms with E-state index < -0.39 is 11.9 Å². The Labute approximate surface area is 114 Å². The number of hydrogen-bond donors (Lipinski definition) is 3. The van der Waals surface area contributed by atoms with Crippen LogP contribution in [0.3, 0.4) is 0 Å². The second-order valence-electron chi connectivity index (χ2n) is 6.06. The van der Waals surface area contributed by atoms with Crippen LogP contribution in [0.25, 0.3) is 0 Å². The van der Waals surface area contributed by atoms with E-state index in [1.807, 2.05) is 0 Å². The minimum absolute atomic E-state index is 0.197. The maximum Gasteiger partial charge on any atom is 0.315 e. The lowest BCUT2D eigenvalue weighted by molar-refractivity contribution is -0.142. The number of carboxylic acids is 1. The summed E-state index contributed by atoms with van der Waals surface area (Å²) in [4.78, 5) is 22.9. The molecule has 0 aliphatic heterocycles. The van der Waals surface area contributed by atoms with Gasteiger partial charge in [-0.3, -0.25) is 4.79 Å². The van der Waals surface area contributed by atoms with Gasteiger partial charge in [-0.05, 0) is 44.4 Å². The van der Waals surface area contributed by atoms with Gasteiger partial charge in [0.1, 0.15) is 0 Å². The van der Waals surface area contributed by atoms with Gasteiger partial charge >= 0.3 is 12.0 Å². The predicted molar refractivity (Wildman–Crippen MR) is 71.9 cm³/mol. The van der Waals surface area contributed by atoms with Gasteiger partial charge in [0, 0.05) is 12.1 Å². The van der Waals surface area contributed by atoms with Gasteiger partial charge in [0.05, 0.1) is 5.92 Å². The third-order valence-corrected chi connectivity index (χ3v) is 4.50. The van der Waals surface area contributed by atoms with E-state index in [1.54, 1.807) is 0 Å². The molecule has 108 valence electrons. The smallest absolute Gasteiger partial charge is 0.315 e. The van der Waals surface area contributed by atoms with Crippen LogP contribution in [0.4, 0.5) is 4.79 Å². The Morgan fingerprint density at radius 3 is 2.32 bits per heavy atom. The van der Waals surface area contributed by atoms with E-state index >= 15 is 0 Å². The van der Waals surface area contributed by atoms with Crippen molar-refractivity contribution in [3.63, 3.8) is 0 Å². The molecule has 0 aromatic rings. The number of nitrogens with one attached hydrogen (secondary N) is 2. The van der Waals surface area contributed by atoms with Crippen LogP contribution in [0.2, 0.25) is 0 Å². The Morgan fingerprint density at radius 1 is 1.00 bits per heavy atom. The van der Waals surface area contributed by atoms with E-state index in [1.165, 1.54) is 0 Å². The van der Waals surface area contributed by atoms with Crippen LogP contribution in [0.1, 0.15) is 51.9 Å². The number of carbonyl (C=O) groups excluding carboxylic acids is 1. The summed E-state index contributed by atoms with van der Waals surface area (Å²) in [6.07, 6.45) is 6.69. The number of amides is 2. The van der Waals surface area contributed by atoms with Crippen LogP contribution in [0, 0.1) is 11.8 Å². The molecule has 0 saturated heterocycles. The van der Waals surface area contributed by atoms with Gasteiger partial charge in [-0.15, -0.1) is 0 Å². The minimum atomic E-state index is -0.797. The monoisotopic (exact) mass is 268 g/mol. The number of aliphatic carboxylic acids is 1. The Bertz CT molecular complexity index is 338. The highest BCUT2D eigenvalue weighted by atomic mass is 16.4. The van der Waals surface area contributed by atoms with Crippen molar-refractivity contribution in [1.82, 2.24) is 10.6 Å². The summed E-state index contributed by atoms with van der Waals surface area (Å²) in [5.41, 5.74) is 0. The standard InChI is InChI=1S/C14H24N2O3/c1-9-5-7-10(8-6-9)15-14(19)16-12-4-2-3-11(12)13(17)18/h9-12H,2-8H2,1H3,(H,17,18)(H2,15,16,19). The van der Waals surface area contributed by atoms with E-state index in [-0.39, 0.29) is 18.1 Å². The summed E-state index contributed by atoms with van der Waals surface area (Å²) < 4.78 is 0. The molecule has 5 heteroatoms. The van der Waals surface area contributed by atoms with Crippen molar-refractivity contribution >= 4 is 12.0 Å². The molecule has 0 radical (unpaired) electrons. The first-order valence-corrected chi connectivity index (χ1v) is 7.36. The third kappa shape index (κ3) is 3.85. The summed E-state index contributed by atoms with van der Waals surface area (Å²) in [5, 5.41) is 14.9. The highest BCUT2D eigenvalue weighted by molar-refractivity contribution is 5.77. The molecule has 0 aromatic heterocycles. The highest BCUT2D eigenvalue weighted by Gasteiger charge is 2.34. The summed E-state index contributed by atoms with van der Waals surface area (Å²) in [5.74, 6) is -0.459. The van der Waals surface area contributed by atoms with Crippen LogP contribution >= 0.6 is 0 Å². The number of rotatable bonds is 3. The molecule has 3 N–H and O–H groups in total. The quantitative estimate of drug-likeness (QED) is 0.733. The average molecular weight is 268 g/mol. The molecule has 2 unspecified atom stereocenters. The fourth-order valence-electron chi connectivity index (χ4n) is 3.23. The molecule has 0 heterocycles. The molecule has 0 spiro atoms. The fraction of sp³-hybridized carbons (Fsp3) is 0.857. The van der Waals surface area contributed by atoms with Crippen molar-refractivity contribution in [3.05, 3.63) is 0 Å². The number of carbonyl (C=O) groups is 2. The Kier molecular flexibility index (Phi) is 4.66. The zero-order chi connectivity index (χ0) is 13.8. The molecular weight excluding hydrogens is 244 g/mol. The van der Waals surface area contributed by atoms with Crippen molar-refractivity contribution < 1.29 is 14.7 Å². The van der Waals surface area contributed by atoms with Gasteiger partial charge < -0.3 is 15.7 Å². The van der Waals surface area contributed by atoms with Gasteiger partial charge in [-0.25, -0.2) is 4.79 Å². The highest BCUT2D eigenvalue weighted by Crippen LogP contribution is 2.26. The van der Waals surface area contributed by atoms with E-state index in [2.05, 4.69) is 17.6 Å². The van der Waals surface area contributed by atoms with Crippen LogP contribution in [0.5, 0.6) is 0 Å². The van der Waals surface area contributed by atoms with Gasteiger partial charge in [-0.1, -0.05) is 13.3 Å². The van der Waals surface area contributed by atoms with Crippen molar-refractivity contribution in [1.29, 1.82) is 0 Å². The topological polar surface area (TPSA) is 78.4 Å². The Morgan fingerprint density at radius 2 is 1.68 bits per heavy atom. The molecule has 2 atom stereocenters. The maximum atomic E-state index is 11.9. The van der Waals surface area contributed by atoms with Gasteiger partial charge in [0.25, 0.3) is 0 Å². The van der Waals surface area contributed by atoms with E-state index in [0.717, 1.165) is 44.4 Å². The van der Waals surface area contributed by atoms with Crippen molar-refractivity contribution in [3.8, 4) is 0 Å². The zero-order valence-electron chi connectivity index (χ0n) is 11.5. The molecule has 2 saturated carbocycles. The predicted octanol–water partition coefficient (Wildman–Crippen LogP) is 2.12. The molecule has 2 rings (SSSR count). The van der Waals surface area contributed by atoms with Crippen molar-refractivity contribution in [2.45, 2.75) is 64.0 Å². The van der Waals surface area contributed by atoms with Crippen molar-refractivity contribution in [2.75, 3.05) is 0 Å². The molecule has 0 aromatic carbocycles.